The molecule has 0 aromatic rings. The van der Waals surface area contributed by atoms with Crippen molar-refractivity contribution >= 4 is 11.7 Å². The van der Waals surface area contributed by atoms with Crippen LogP contribution in [0.3, 0.4) is 0 Å². The smallest absolute Gasteiger partial charge is 0.0792 e. The molecule has 0 aliphatic carbocycles. The van der Waals surface area contributed by atoms with Crippen LogP contribution in [0, 0.1) is 0 Å². The summed E-state index contributed by atoms with van der Waals surface area (Å²) in [5, 5.41) is 0. The highest BCUT2D eigenvalue weighted by molar-refractivity contribution is 8.00. The summed E-state index contributed by atoms with van der Waals surface area (Å²) in [5.41, 5.74) is 0. The third-order valence-corrected chi connectivity index (χ3v) is 1.90. The van der Waals surface area contributed by atoms with Crippen LogP contribution in [-0.2, 0) is 0 Å². The van der Waals surface area contributed by atoms with Gasteiger partial charge >= 0.3 is 0 Å². The Kier molecular flexibility index (Phi) is 0.417. The van der Waals surface area contributed by atoms with E-state index in [1.807, 2.05) is 0 Å². The van der Waals surface area contributed by atoms with Gasteiger partial charge in [0.15, 0.2) is 0 Å². The molecular formula is C3H8S. The molecule has 0 unspecified atom stereocenters. The van der Waals surface area contributed by atoms with Crippen molar-refractivity contribution in [2.75, 3.05) is 11.5 Å². The van der Waals surface area contributed by atoms with Gasteiger partial charge in [-0.05, 0) is 17.9 Å². The van der Waals surface area contributed by atoms with Crippen LogP contribution in [0.1, 0.15) is 6.42 Å². The molecule has 1 aliphatic heterocycles. The molecule has 1 rings (SSSR count). The fourth-order valence-corrected chi connectivity index (χ4v) is 0.474. The summed E-state index contributed by atoms with van der Waals surface area (Å²) < 4.78 is 6.98. The van der Waals surface area contributed by atoms with E-state index in [0.29, 0.717) is 0 Å². The Balaban J connectivity index is 2.08. The second-order valence-corrected chi connectivity index (χ2v) is 2.37. The highest BCUT2D eigenvalue weighted by atomic mass is 32.2. The quantitative estimate of drug-likeness (QED) is 0.397. The van der Waals surface area contributed by atoms with E-state index >= 15 is 0 Å². The second kappa shape index (κ2) is 0.978. The van der Waals surface area contributed by atoms with Gasteiger partial charge in [0, 0.05) is 0 Å². The van der Waals surface area contributed by atoms with E-state index in [4.69, 9.17) is 1.12 Å². The van der Waals surface area contributed by atoms with Crippen molar-refractivity contribution in [1.29, 1.82) is 1.12 Å². The van der Waals surface area contributed by atoms with Crippen LogP contribution in [-0.4, -0.2) is 12.6 Å². The van der Waals surface area contributed by atoms with Crippen LogP contribution >= 0.6 is 11.7 Å². The van der Waals surface area contributed by atoms with Gasteiger partial charge in [0.2, 0.25) is 0 Å². The molecule has 1 fully saturated rings. The molecule has 0 amide bonds. The summed E-state index contributed by atoms with van der Waals surface area (Å²) >= 11 is -0.168. The lowest BCUT2D eigenvalue weighted by Crippen LogP contribution is -1.94. The molecule has 1 heterocycles. The first kappa shape index (κ1) is 1.71. The zero-order valence-corrected chi connectivity index (χ0v) is 3.46. The first-order valence-corrected chi connectivity index (χ1v) is 2.90. The van der Waals surface area contributed by atoms with Gasteiger partial charge in [0.25, 0.3) is 0 Å². The van der Waals surface area contributed by atoms with Gasteiger partial charge in [-0.1, -0.05) is 0 Å². The first-order valence-electron chi connectivity index (χ1n) is 2.08. The van der Waals surface area contributed by atoms with Crippen LogP contribution < -0.4 is 0 Å². The van der Waals surface area contributed by atoms with Gasteiger partial charge in [-0.15, -0.1) is 0 Å². The third kappa shape index (κ3) is 0.226. The molecule has 26 valence electrons. The summed E-state index contributed by atoms with van der Waals surface area (Å²) in [4.78, 5) is 0. The zero-order valence-electron chi connectivity index (χ0n) is 3.57. The Morgan fingerprint density at radius 3 is 2.25 bits per heavy atom. The number of rotatable bonds is 0. The molecule has 0 nitrogen and oxygen atoms in total. The molecule has 1 aliphatic rings. The fourth-order valence-electron chi connectivity index (χ4n) is 0.158. The van der Waals surface area contributed by atoms with Gasteiger partial charge < -0.3 is 0 Å². The van der Waals surface area contributed by atoms with Crippen molar-refractivity contribution in [3.63, 3.8) is 0 Å². The lowest BCUT2D eigenvalue weighted by Gasteiger charge is -2.09. The maximum absolute atomic E-state index is 6.98. The highest BCUT2D eigenvalue weighted by Gasteiger charge is 1.92. The lowest BCUT2D eigenvalue weighted by molar-refractivity contribution is 1.06. The average molecular weight is 77.2 g/mol. The molecule has 4 heavy (non-hydrogen) atoms. The van der Waals surface area contributed by atoms with E-state index in [2.05, 4.69) is 0 Å². The van der Waals surface area contributed by atoms with Crippen LogP contribution in [0.25, 0.3) is 0 Å². The molecule has 0 atom stereocenters. The van der Waals surface area contributed by atoms with Gasteiger partial charge in [-0.2, -0.15) is 0 Å². The SMILES string of the molecule is [2H][SH]1CCC1. The zero-order chi connectivity index (χ0) is 3.70. The monoisotopic (exact) mass is 77.0 g/mol. The van der Waals surface area contributed by atoms with Gasteiger partial charge in [0.05, 0.1) is 1.12 Å². The Hall–Kier alpha value is 0.350. The second-order valence-electron chi connectivity index (χ2n) is 1.02. The van der Waals surface area contributed by atoms with E-state index in [-0.39, 0.29) is 11.7 Å². The van der Waals surface area contributed by atoms with Gasteiger partial charge in [-0.25, -0.2) is 0 Å². The number of hydrogen-bond acceptors (Lipinski definition) is 0. The molecule has 1 saturated heterocycles. The number of hydrogen-bond donors (Lipinski definition) is 0. The van der Waals surface area contributed by atoms with E-state index in [1.54, 1.807) is 0 Å². The van der Waals surface area contributed by atoms with E-state index < -0.39 is 0 Å². The van der Waals surface area contributed by atoms with Crippen molar-refractivity contribution in [1.82, 2.24) is 0 Å². The molecule has 0 aromatic carbocycles. The van der Waals surface area contributed by atoms with Gasteiger partial charge in [0.1, 0.15) is 0 Å². The van der Waals surface area contributed by atoms with Crippen molar-refractivity contribution in [3.8, 4) is 0 Å². The molecule has 0 aromatic heterocycles. The van der Waals surface area contributed by atoms with Crippen molar-refractivity contribution < 1.29 is 0 Å². The van der Waals surface area contributed by atoms with Crippen LogP contribution in [0.4, 0.5) is 0 Å². The van der Waals surface area contributed by atoms with Crippen molar-refractivity contribution in [2.45, 2.75) is 6.42 Å². The van der Waals surface area contributed by atoms with Crippen LogP contribution in [0.2, 0.25) is 0 Å². The molecule has 0 spiro atoms. The Morgan fingerprint density at radius 1 is 1.75 bits per heavy atom. The summed E-state index contributed by atoms with van der Waals surface area (Å²) in [6.45, 7) is 0. The lowest BCUT2D eigenvalue weighted by atomic mass is 10.6. The minimum absolute atomic E-state index is 0.168. The maximum Gasteiger partial charge on any atom is 0.0792 e. The maximum atomic E-state index is 6.98. The van der Waals surface area contributed by atoms with Gasteiger partial charge in [-0.3, -0.25) is 11.7 Å². The minimum Gasteiger partial charge on any atom is -0.266 e. The van der Waals surface area contributed by atoms with Crippen molar-refractivity contribution in [3.05, 3.63) is 0 Å². The van der Waals surface area contributed by atoms with Crippen LogP contribution in [0.15, 0.2) is 0 Å². The molecular weight excluding hydrogens is 68.1 g/mol. The summed E-state index contributed by atoms with van der Waals surface area (Å²) in [7, 11) is 0. The first-order chi connectivity index (χ1) is 2.39. The fraction of sp³-hybridized carbons (Fsp3) is 1.00. The topological polar surface area (TPSA) is 0 Å². The minimum atomic E-state index is -0.168. The Morgan fingerprint density at radius 2 is 2.25 bits per heavy atom. The molecule has 1 heteroatoms. The van der Waals surface area contributed by atoms with E-state index in [1.165, 1.54) is 17.9 Å². The van der Waals surface area contributed by atoms with E-state index in [9.17, 15) is 0 Å². The largest absolute Gasteiger partial charge is 0.266 e. The standard InChI is InChI=1S/C3H8S/c1-2-4-3-1/h1-4H2/i4D. The predicted octanol–water partition coefficient (Wildman–Crippen LogP) is 0.588. The molecule has 0 bridgehead atoms. The molecule has 0 radical (unpaired) electrons. The summed E-state index contributed by atoms with van der Waals surface area (Å²) in [6.07, 6.45) is 1.33. The van der Waals surface area contributed by atoms with E-state index in [0.717, 1.165) is 0 Å². The van der Waals surface area contributed by atoms with Crippen LogP contribution in [0.5, 0.6) is 0 Å². The summed E-state index contributed by atoms with van der Waals surface area (Å²) in [6, 6.07) is 0. The van der Waals surface area contributed by atoms with Crippen molar-refractivity contribution in [2.24, 2.45) is 0 Å². The third-order valence-electron chi connectivity index (χ3n) is 0.632. The normalized spacial score (nSPS) is 37.0. The molecule has 0 N–H and O–H groups in total. The average Bonchev–Trinajstić information content (AvgIpc) is 1.30. The highest BCUT2D eigenvalue weighted by Crippen LogP contribution is 2.14. The summed E-state index contributed by atoms with van der Waals surface area (Å²) in [5.74, 6) is 2.44. The predicted molar refractivity (Wildman–Crippen MR) is 24.7 cm³/mol. The molecule has 0 saturated carbocycles. The Bertz CT molecular complexity index is 33.9. The Labute approximate surface area is 31.7 Å².